The van der Waals surface area contributed by atoms with Crippen LogP contribution in [0.25, 0.3) is 11.3 Å². The molecule has 0 saturated heterocycles. The molecule has 0 aliphatic heterocycles. The summed E-state index contributed by atoms with van der Waals surface area (Å²) >= 11 is 0. The molecule has 2 aromatic carbocycles. The van der Waals surface area contributed by atoms with Gasteiger partial charge >= 0.3 is 5.97 Å². The van der Waals surface area contributed by atoms with E-state index in [2.05, 4.69) is 5.10 Å². The van der Waals surface area contributed by atoms with E-state index in [0.717, 1.165) is 9.87 Å². The Morgan fingerprint density at radius 2 is 1.83 bits per heavy atom. The fourth-order valence-electron chi connectivity index (χ4n) is 3.37. The minimum Gasteiger partial charge on any atom is -0.497 e. The predicted molar refractivity (Wildman–Crippen MR) is 128 cm³/mol. The maximum absolute atomic E-state index is 13.1. The first-order valence-electron chi connectivity index (χ1n) is 10.7. The van der Waals surface area contributed by atoms with Crippen molar-refractivity contribution in [2.45, 2.75) is 18.2 Å². The molecule has 0 aliphatic rings. The van der Waals surface area contributed by atoms with E-state index in [1.165, 1.54) is 26.2 Å². The molecule has 0 amide bonds. The van der Waals surface area contributed by atoms with Crippen molar-refractivity contribution in [3.8, 4) is 17.0 Å². The van der Waals surface area contributed by atoms with Gasteiger partial charge in [-0.1, -0.05) is 42.5 Å². The largest absolute Gasteiger partial charge is 0.497 e. The van der Waals surface area contributed by atoms with Gasteiger partial charge in [0.05, 0.1) is 13.7 Å². The number of esters is 1. The van der Waals surface area contributed by atoms with Crippen LogP contribution in [0.1, 0.15) is 21.7 Å². The number of benzene rings is 2. The van der Waals surface area contributed by atoms with Crippen LogP contribution in [0.5, 0.6) is 5.75 Å². The van der Waals surface area contributed by atoms with E-state index in [0.29, 0.717) is 23.6 Å². The van der Waals surface area contributed by atoms with Crippen molar-refractivity contribution in [1.82, 2.24) is 14.1 Å². The molecular weight excluding hydrogens is 470 g/mol. The summed E-state index contributed by atoms with van der Waals surface area (Å²) in [5.74, 6) is 0.221. The minimum absolute atomic E-state index is 0.207. The summed E-state index contributed by atoms with van der Waals surface area (Å²) in [5.41, 5.74) is 2.43. The maximum Gasteiger partial charge on any atom is 0.342 e. The molecule has 0 unspecified atom stereocenters. The molecular formula is C25H25N3O6S. The van der Waals surface area contributed by atoms with E-state index >= 15 is 0 Å². The Bertz CT molecular complexity index is 1420. The van der Waals surface area contributed by atoms with Gasteiger partial charge in [-0.15, -0.1) is 0 Å². The van der Waals surface area contributed by atoms with Crippen molar-refractivity contribution in [3.05, 3.63) is 89.8 Å². The Hall–Kier alpha value is -3.89. The number of rotatable bonds is 9. The number of furan rings is 1. The predicted octanol–water partition coefficient (Wildman–Crippen LogP) is 3.81. The number of hydrogen-bond acceptors (Lipinski definition) is 7. The summed E-state index contributed by atoms with van der Waals surface area (Å²) in [5, 5.41) is 4.41. The third-order valence-electron chi connectivity index (χ3n) is 5.23. The van der Waals surface area contributed by atoms with Crippen LogP contribution in [0.2, 0.25) is 0 Å². The highest BCUT2D eigenvalue weighted by Gasteiger charge is 2.23. The molecule has 0 fully saturated rings. The van der Waals surface area contributed by atoms with Crippen molar-refractivity contribution in [2.24, 2.45) is 0 Å². The Morgan fingerprint density at radius 1 is 1.06 bits per heavy atom. The number of sulfonamides is 1. The van der Waals surface area contributed by atoms with Gasteiger partial charge < -0.3 is 13.9 Å². The zero-order valence-corrected chi connectivity index (χ0v) is 20.4. The van der Waals surface area contributed by atoms with Crippen LogP contribution in [0, 0.1) is 0 Å². The van der Waals surface area contributed by atoms with Crippen LogP contribution in [0.15, 0.2) is 82.4 Å². The highest BCUT2D eigenvalue weighted by molar-refractivity contribution is 7.88. The second-order valence-corrected chi connectivity index (χ2v) is 9.97. The van der Waals surface area contributed by atoms with Gasteiger partial charge in [0, 0.05) is 25.9 Å². The Balaban J connectivity index is 1.59. The summed E-state index contributed by atoms with van der Waals surface area (Å²) in [6.45, 7) is 0.234. The van der Waals surface area contributed by atoms with Crippen LogP contribution in [0.4, 0.5) is 0 Å². The van der Waals surface area contributed by atoms with Gasteiger partial charge in [0.25, 0.3) is 10.0 Å². The third kappa shape index (κ3) is 5.44. The third-order valence-corrected chi connectivity index (χ3v) is 6.92. The quantitative estimate of drug-likeness (QED) is 0.325. The average Bonchev–Trinajstić information content (AvgIpc) is 3.51. The van der Waals surface area contributed by atoms with Crippen molar-refractivity contribution in [2.75, 3.05) is 21.2 Å². The monoisotopic (exact) mass is 495 g/mol. The lowest BCUT2D eigenvalue weighted by atomic mass is 10.1. The van der Waals surface area contributed by atoms with E-state index in [9.17, 15) is 13.2 Å². The zero-order chi connectivity index (χ0) is 25.0. The Morgan fingerprint density at radius 3 is 2.54 bits per heavy atom. The second kappa shape index (κ2) is 10.2. The van der Waals surface area contributed by atoms with E-state index in [4.69, 9.17) is 13.9 Å². The fraction of sp³-hybridized carbons (Fsp3) is 0.200. The lowest BCUT2D eigenvalue weighted by molar-refractivity contribution is 0.0441. The maximum atomic E-state index is 13.1. The van der Waals surface area contributed by atoms with Crippen LogP contribution >= 0.6 is 0 Å². The molecule has 2 heterocycles. The molecule has 4 aromatic rings. The molecule has 35 heavy (non-hydrogen) atoms. The highest BCUT2D eigenvalue weighted by Crippen LogP contribution is 2.27. The first-order chi connectivity index (χ1) is 16.8. The van der Waals surface area contributed by atoms with Gasteiger partial charge in [0.2, 0.25) is 5.09 Å². The van der Waals surface area contributed by atoms with E-state index < -0.39 is 16.0 Å². The van der Waals surface area contributed by atoms with Crippen molar-refractivity contribution in [1.29, 1.82) is 0 Å². The van der Waals surface area contributed by atoms with E-state index in [1.54, 1.807) is 30.1 Å². The summed E-state index contributed by atoms with van der Waals surface area (Å²) in [6.07, 6.45) is 1.63. The Kier molecular flexibility index (Phi) is 7.04. The molecule has 2 aromatic heterocycles. The number of methoxy groups -OCH3 is 1. The summed E-state index contributed by atoms with van der Waals surface area (Å²) in [6, 6.07) is 19.8. The van der Waals surface area contributed by atoms with Crippen LogP contribution in [-0.2, 0) is 27.9 Å². The van der Waals surface area contributed by atoms with Gasteiger partial charge in [0.15, 0.2) is 0 Å². The smallest absolute Gasteiger partial charge is 0.342 e. The lowest BCUT2D eigenvalue weighted by Crippen LogP contribution is -2.21. The summed E-state index contributed by atoms with van der Waals surface area (Å²) < 4.78 is 43.3. The van der Waals surface area contributed by atoms with E-state index in [-0.39, 0.29) is 23.0 Å². The second-order valence-electron chi connectivity index (χ2n) is 7.89. The summed E-state index contributed by atoms with van der Waals surface area (Å²) in [4.78, 5) is 13.1. The standard InChI is InChI=1S/C25H25N3O6S/c1-27(2)35(30,31)23-13-12-21(34-23)17-33-25(29)22-16-28(15-18-8-5-4-6-9-18)26-24(22)19-10-7-11-20(14-19)32-3/h4-14,16H,15,17H2,1-3H3. The topological polar surface area (TPSA) is 104 Å². The molecule has 182 valence electrons. The van der Waals surface area contributed by atoms with Crippen LogP contribution in [-0.4, -0.2) is 49.7 Å². The first-order valence-corrected chi connectivity index (χ1v) is 12.2. The molecule has 0 spiro atoms. The number of carbonyl (C=O) groups excluding carboxylic acids is 1. The van der Waals surface area contributed by atoms with E-state index in [1.807, 2.05) is 42.5 Å². The molecule has 0 atom stereocenters. The number of carbonyl (C=O) groups is 1. The van der Waals surface area contributed by atoms with Crippen molar-refractivity contribution >= 4 is 16.0 Å². The molecule has 0 radical (unpaired) electrons. The number of aromatic nitrogens is 2. The van der Waals surface area contributed by atoms with Gasteiger partial charge in [-0.05, 0) is 29.8 Å². The zero-order valence-electron chi connectivity index (χ0n) is 19.5. The van der Waals surface area contributed by atoms with Gasteiger partial charge in [-0.25, -0.2) is 17.5 Å². The number of ether oxygens (including phenoxy) is 2. The molecule has 0 bridgehead atoms. The molecule has 9 nitrogen and oxygen atoms in total. The SMILES string of the molecule is COc1cccc(-c2nn(Cc3ccccc3)cc2C(=O)OCc2ccc(S(=O)(=O)N(C)C)o2)c1. The molecule has 10 heteroatoms. The van der Waals surface area contributed by atoms with Crippen molar-refractivity contribution in [3.63, 3.8) is 0 Å². The first kappa shape index (κ1) is 24.2. The highest BCUT2D eigenvalue weighted by atomic mass is 32.2. The average molecular weight is 496 g/mol. The number of nitrogens with zero attached hydrogens (tertiary/aromatic N) is 3. The van der Waals surface area contributed by atoms with Crippen molar-refractivity contribution < 1.29 is 27.1 Å². The van der Waals surface area contributed by atoms with Crippen LogP contribution in [0.3, 0.4) is 0 Å². The van der Waals surface area contributed by atoms with Gasteiger partial charge in [-0.2, -0.15) is 5.10 Å². The lowest BCUT2D eigenvalue weighted by Gasteiger charge is -2.08. The van der Waals surface area contributed by atoms with Crippen LogP contribution < -0.4 is 4.74 Å². The Labute approximate surface area is 203 Å². The fourth-order valence-corrected chi connectivity index (χ4v) is 4.19. The molecule has 4 rings (SSSR count). The number of hydrogen-bond donors (Lipinski definition) is 0. The molecule has 0 N–H and O–H groups in total. The molecule has 0 saturated carbocycles. The summed E-state index contributed by atoms with van der Waals surface area (Å²) in [7, 11) is 0.659. The van der Waals surface area contributed by atoms with Gasteiger partial charge in [0.1, 0.15) is 29.4 Å². The minimum atomic E-state index is -3.72. The molecule has 0 aliphatic carbocycles. The van der Waals surface area contributed by atoms with Gasteiger partial charge in [-0.3, -0.25) is 4.68 Å². The normalized spacial score (nSPS) is 11.5.